The molecule has 0 radical (unpaired) electrons. The van der Waals surface area contributed by atoms with Crippen LogP contribution in [0, 0.1) is 0 Å². The normalized spacial score (nSPS) is 10.6. The minimum absolute atomic E-state index is 0.0799. The quantitative estimate of drug-likeness (QED) is 0.858. The van der Waals surface area contributed by atoms with Crippen LogP contribution in [0.1, 0.15) is 19.8 Å². The fraction of sp³-hybridized carbons (Fsp3) is 0.385. The Hall–Kier alpha value is -2.24. The van der Waals surface area contributed by atoms with Crippen molar-refractivity contribution in [3.05, 3.63) is 34.6 Å². The molecule has 1 aromatic heterocycles. The van der Waals surface area contributed by atoms with Gasteiger partial charge in [-0.2, -0.15) is 0 Å². The Balaban J connectivity index is 2.11. The topological polar surface area (TPSA) is 76.9 Å². The zero-order valence-corrected chi connectivity index (χ0v) is 10.8. The van der Waals surface area contributed by atoms with Crippen LogP contribution in [-0.4, -0.2) is 27.4 Å². The zero-order valence-electron chi connectivity index (χ0n) is 10.8. The molecule has 0 aliphatic carbocycles. The van der Waals surface area contributed by atoms with Gasteiger partial charge < -0.3 is 5.32 Å². The van der Waals surface area contributed by atoms with Crippen molar-refractivity contribution >= 4 is 16.8 Å². The number of nitrogens with zero attached hydrogens (tertiary/aromatic N) is 3. The van der Waals surface area contributed by atoms with E-state index in [0.717, 1.165) is 6.42 Å². The molecule has 0 saturated heterocycles. The average Bonchev–Trinajstić information content (AvgIpc) is 2.44. The largest absolute Gasteiger partial charge is 0.356 e. The molecule has 1 heterocycles. The van der Waals surface area contributed by atoms with Crippen LogP contribution in [0.2, 0.25) is 0 Å². The molecular formula is C13H16N4O2. The van der Waals surface area contributed by atoms with Crippen LogP contribution in [0.25, 0.3) is 10.9 Å². The van der Waals surface area contributed by atoms with Gasteiger partial charge in [-0.05, 0) is 18.6 Å². The van der Waals surface area contributed by atoms with Crippen LogP contribution in [0.15, 0.2) is 29.1 Å². The van der Waals surface area contributed by atoms with Crippen LogP contribution < -0.4 is 10.9 Å². The predicted octanol–water partition coefficient (Wildman–Crippen LogP) is 0.708. The predicted molar refractivity (Wildman–Crippen MR) is 71.7 cm³/mol. The molecule has 19 heavy (non-hydrogen) atoms. The van der Waals surface area contributed by atoms with E-state index in [4.69, 9.17) is 0 Å². The number of aryl methyl sites for hydroxylation is 1. The summed E-state index contributed by atoms with van der Waals surface area (Å²) >= 11 is 0. The lowest BCUT2D eigenvalue weighted by atomic mass is 10.2. The molecule has 6 nitrogen and oxygen atoms in total. The molecule has 1 amide bonds. The Morgan fingerprint density at radius 2 is 2.16 bits per heavy atom. The van der Waals surface area contributed by atoms with Gasteiger partial charge in [-0.1, -0.05) is 24.3 Å². The number of carbonyl (C=O) groups is 1. The van der Waals surface area contributed by atoms with Crippen molar-refractivity contribution in [3.63, 3.8) is 0 Å². The van der Waals surface area contributed by atoms with Crippen molar-refractivity contribution in [2.24, 2.45) is 0 Å². The SMILES string of the molecule is CCCNC(=O)CCn1nnc2ccccc2c1=O. The summed E-state index contributed by atoms with van der Waals surface area (Å²) < 4.78 is 1.23. The first-order valence-corrected chi connectivity index (χ1v) is 6.31. The third-order valence-corrected chi connectivity index (χ3v) is 2.75. The van der Waals surface area contributed by atoms with Crippen molar-refractivity contribution in [2.45, 2.75) is 26.3 Å². The highest BCUT2D eigenvalue weighted by Crippen LogP contribution is 2.03. The van der Waals surface area contributed by atoms with Crippen LogP contribution in [0.5, 0.6) is 0 Å². The number of hydrogen-bond acceptors (Lipinski definition) is 4. The molecule has 0 fully saturated rings. The van der Waals surface area contributed by atoms with Crippen LogP contribution in [-0.2, 0) is 11.3 Å². The number of carbonyl (C=O) groups excluding carboxylic acids is 1. The molecule has 1 aromatic carbocycles. The van der Waals surface area contributed by atoms with Gasteiger partial charge >= 0.3 is 0 Å². The second-order valence-electron chi connectivity index (χ2n) is 4.23. The first-order chi connectivity index (χ1) is 9.22. The van der Waals surface area contributed by atoms with E-state index in [0.29, 0.717) is 17.4 Å². The molecular weight excluding hydrogens is 244 g/mol. The van der Waals surface area contributed by atoms with Gasteiger partial charge in [0.2, 0.25) is 5.91 Å². The maximum atomic E-state index is 12.1. The van der Waals surface area contributed by atoms with Crippen molar-refractivity contribution in [2.75, 3.05) is 6.54 Å². The maximum absolute atomic E-state index is 12.1. The standard InChI is InChI=1S/C13H16N4O2/c1-2-8-14-12(18)7-9-17-13(19)10-5-3-4-6-11(10)15-16-17/h3-6H,2,7-9H2,1H3,(H,14,18). The Morgan fingerprint density at radius 1 is 1.37 bits per heavy atom. The lowest BCUT2D eigenvalue weighted by molar-refractivity contribution is -0.121. The monoisotopic (exact) mass is 260 g/mol. The summed E-state index contributed by atoms with van der Waals surface area (Å²) in [5.74, 6) is -0.0799. The molecule has 0 atom stereocenters. The minimum Gasteiger partial charge on any atom is -0.356 e. The van der Waals surface area contributed by atoms with Gasteiger partial charge in [-0.3, -0.25) is 9.59 Å². The van der Waals surface area contributed by atoms with E-state index >= 15 is 0 Å². The molecule has 0 unspecified atom stereocenters. The highest BCUT2D eigenvalue weighted by molar-refractivity contribution is 5.77. The minimum atomic E-state index is -0.214. The fourth-order valence-electron chi connectivity index (χ4n) is 1.73. The van der Waals surface area contributed by atoms with Crippen LogP contribution in [0.4, 0.5) is 0 Å². The highest BCUT2D eigenvalue weighted by atomic mass is 16.2. The number of rotatable bonds is 5. The third kappa shape index (κ3) is 3.15. The summed E-state index contributed by atoms with van der Waals surface area (Å²) in [4.78, 5) is 23.6. The van der Waals surface area contributed by atoms with Crippen molar-refractivity contribution < 1.29 is 4.79 Å². The van der Waals surface area contributed by atoms with Crippen molar-refractivity contribution in [1.29, 1.82) is 0 Å². The van der Waals surface area contributed by atoms with E-state index in [1.54, 1.807) is 24.3 Å². The molecule has 0 aliphatic rings. The molecule has 0 aliphatic heterocycles. The highest BCUT2D eigenvalue weighted by Gasteiger charge is 2.06. The van der Waals surface area contributed by atoms with Gasteiger partial charge in [0.15, 0.2) is 0 Å². The van der Waals surface area contributed by atoms with Gasteiger partial charge in [-0.15, -0.1) is 5.10 Å². The van der Waals surface area contributed by atoms with Crippen LogP contribution >= 0.6 is 0 Å². The number of amides is 1. The smallest absolute Gasteiger partial charge is 0.277 e. The molecule has 2 rings (SSSR count). The molecule has 1 N–H and O–H groups in total. The summed E-state index contributed by atoms with van der Waals surface area (Å²) in [6.45, 7) is 2.88. The summed E-state index contributed by atoms with van der Waals surface area (Å²) in [5, 5.41) is 11.1. The Bertz CT molecular complexity index is 636. The molecule has 0 saturated carbocycles. The Morgan fingerprint density at radius 3 is 2.95 bits per heavy atom. The second-order valence-corrected chi connectivity index (χ2v) is 4.23. The van der Waals surface area contributed by atoms with E-state index in [2.05, 4.69) is 15.6 Å². The summed E-state index contributed by atoms with van der Waals surface area (Å²) in [5.41, 5.74) is 0.355. The summed E-state index contributed by atoms with van der Waals surface area (Å²) in [6.07, 6.45) is 1.12. The van der Waals surface area contributed by atoms with E-state index < -0.39 is 0 Å². The van der Waals surface area contributed by atoms with E-state index in [9.17, 15) is 9.59 Å². The van der Waals surface area contributed by atoms with Crippen LogP contribution in [0.3, 0.4) is 0 Å². The van der Waals surface area contributed by atoms with Gasteiger partial charge in [0.05, 0.1) is 11.9 Å². The van der Waals surface area contributed by atoms with Crippen molar-refractivity contribution in [1.82, 2.24) is 20.3 Å². The number of nitrogens with one attached hydrogen (secondary N) is 1. The Labute approximate surface area is 110 Å². The lowest BCUT2D eigenvalue weighted by Crippen LogP contribution is -2.29. The second kappa shape index (κ2) is 6.08. The number of benzene rings is 1. The maximum Gasteiger partial charge on any atom is 0.277 e. The molecule has 0 spiro atoms. The molecule has 6 heteroatoms. The fourth-order valence-corrected chi connectivity index (χ4v) is 1.73. The summed E-state index contributed by atoms with van der Waals surface area (Å²) in [6, 6.07) is 7.03. The van der Waals surface area contributed by atoms with Gasteiger partial charge in [-0.25, -0.2) is 4.68 Å². The van der Waals surface area contributed by atoms with E-state index in [-0.39, 0.29) is 24.4 Å². The molecule has 0 bridgehead atoms. The van der Waals surface area contributed by atoms with E-state index in [1.807, 2.05) is 6.92 Å². The number of aromatic nitrogens is 3. The van der Waals surface area contributed by atoms with Crippen molar-refractivity contribution in [3.8, 4) is 0 Å². The summed E-state index contributed by atoms with van der Waals surface area (Å²) in [7, 11) is 0. The van der Waals surface area contributed by atoms with Gasteiger partial charge in [0.25, 0.3) is 5.56 Å². The van der Waals surface area contributed by atoms with Gasteiger partial charge in [0, 0.05) is 13.0 Å². The first kappa shape index (κ1) is 13.2. The third-order valence-electron chi connectivity index (χ3n) is 2.75. The van der Waals surface area contributed by atoms with E-state index in [1.165, 1.54) is 4.68 Å². The van der Waals surface area contributed by atoms with Gasteiger partial charge in [0.1, 0.15) is 5.52 Å². The molecule has 100 valence electrons. The average molecular weight is 260 g/mol. The lowest BCUT2D eigenvalue weighted by Gasteiger charge is -2.05. The Kier molecular flexibility index (Phi) is 4.22. The first-order valence-electron chi connectivity index (χ1n) is 6.31. The number of fused-ring (bicyclic) bond motifs is 1. The number of hydrogen-bond donors (Lipinski definition) is 1. The zero-order chi connectivity index (χ0) is 13.7. The molecule has 2 aromatic rings.